The molecule has 0 aliphatic rings. The maximum absolute atomic E-state index is 13.4. The molecule has 0 fully saturated rings. The van der Waals surface area contributed by atoms with Gasteiger partial charge in [-0.15, -0.1) is 0 Å². The van der Waals surface area contributed by atoms with Gasteiger partial charge in [0.25, 0.3) is 10.1 Å². The van der Waals surface area contributed by atoms with Crippen LogP contribution in [0.4, 0.5) is 4.39 Å². The standard InChI is InChI=1S/C21H24FN2O3S/c1-24(2)12-4-5-20(17-7-9-19(22)10-8-17)21-11-6-16(14-23)13-18(21)15-27-28(3,25)26/h6-11,13H,4-5,12,15H2,1-3H3/q+1. The molecule has 0 saturated carbocycles. The van der Waals surface area contributed by atoms with Gasteiger partial charge in [0.05, 0.1) is 22.9 Å². The molecule has 0 saturated heterocycles. The van der Waals surface area contributed by atoms with Gasteiger partial charge in [0, 0.05) is 48.2 Å². The van der Waals surface area contributed by atoms with Crippen molar-refractivity contribution in [1.29, 1.82) is 5.26 Å². The van der Waals surface area contributed by atoms with E-state index in [4.69, 9.17) is 4.18 Å². The molecule has 0 bridgehead atoms. The second-order valence-electron chi connectivity index (χ2n) is 6.84. The second-order valence-corrected chi connectivity index (χ2v) is 8.49. The lowest BCUT2D eigenvalue weighted by atomic mass is 9.84. The number of nitrogens with zero attached hydrogens (tertiary/aromatic N) is 2. The molecular formula is C21H24FN2O3S+. The smallest absolute Gasteiger partial charge is 0.265 e. The summed E-state index contributed by atoms with van der Waals surface area (Å²) in [7, 11) is 0.350. The zero-order chi connectivity index (χ0) is 20.7. The molecule has 2 rings (SSSR count). The summed E-state index contributed by atoms with van der Waals surface area (Å²) >= 11 is 0. The maximum Gasteiger partial charge on any atom is 0.265 e. The molecular weight excluding hydrogens is 379 g/mol. The Kier molecular flexibility index (Phi) is 7.58. The summed E-state index contributed by atoms with van der Waals surface area (Å²) in [5.41, 5.74) is 2.68. The molecule has 0 radical (unpaired) electrons. The van der Waals surface area contributed by atoms with E-state index in [1.165, 1.54) is 12.1 Å². The number of halogens is 1. The van der Waals surface area contributed by atoms with Crippen LogP contribution in [0.1, 0.15) is 35.1 Å². The van der Waals surface area contributed by atoms with Crippen LogP contribution in [0.3, 0.4) is 0 Å². The molecule has 0 amide bonds. The van der Waals surface area contributed by atoms with Gasteiger partial charge in [-0.25, -0.2) is 4.39 Å². The van der Waals surface area contributed by atoms with Crippen molar-refractivity contribution in [2.24, 2.45) is 0 Å². The lowest BCUT2D eigenvalue weighted by Gasteiger charge is -2.17. The van der Waals surface area contributed by atoms with Crippen LogP contribution in [-0.2, 0) is 20.9 Å². The van der Waals surface area contributed by atoms with Gasteiger partial charge >= 0.3 is 0 Å². The van der Waals surface area contributed by atoms with Gasteiger partial charge < -0.3 is 4.90 Å². The first-order valence-corrected chi connectivity index (χ1v) is 10.7. The number of hydrogen-bond donors (Lipinski definition) is 0. The number of hydrogen-bond acceptors (Lipinski definition) is 5. The van der Waals surface area contributed by atoms with Gasteiger partial charge in [0.1, 0.15) is 18.5 Å². The van der Waals surface area contributed by atoms with Crippen LogP contribution in [0.2, 0.25) is 0 Å². The molecule has 0 spiro atoms. The van der Waals surface area contributed by atoms with Gasteiger partial charge in [-0.2, -0.15) is 13.7 Å². The Labute approximate surface area is 166 Å². The van der Waals surface area contributed by atoms with Crippen molar-refractivity contribution in [3.8, 4) is 6.07 Å². The van der Waals surface area contributed by atoms with Crippen LogP contribution in [0.5, 0.6) is 0 Å². The largest absolute Gasteiger partial charge is 0.309 e. The SMILES string of the molecule is CN(C)CCC[C+](c1ccc(F)cc1)c1ccc(C#N)cc1COS(C)(=O)=O. The Morgan fingerprint density at radius 1 is 1.18 bits per heavy atom. The molecule has 0 aliphatic carbocycles. The Morgan fingerprint density at radius 3 is 2.43 bits per heavy atom. The summed E-state index contributed by atoms with van der Waals surface area (Å²) in [5, 5.41) is 9.21. The summed E-state index contributed by atoms with van der Waals surface area (Å²) < 4.78 is 41.3. The van der Waals surface area contributed by atoms with Crippen molar-refractivity contribution >= 4 is 10.1 Å². The quantitative estimate of drug-likeness (QED) is 0.474. The van der Waals surface area contributed by atoms with Gasteiger partial charge in [0.2, 0.25) is 0 Å². The molecule has 0 N–H and O–H groups in total. The highest BCUT2D eigenvalue weighted by atomic mass is 32.2. The Morgan fingerprint density at radius 2 is 1.86 bits per heavy atom. The molecule has 0 aliphatic heterocycles. The van der Waals surface area contributed by atoms with Crippen LogP contribution in [-0.4, -0.2) is 40.2 Å². The summed E-state index contributed by atoms with van der Waals surface area (Å²) in [4.78, 5) is 2.08. The van der Waals surface area contributed by atoms with E-state index in [9.17, 15) is 18.1 Å². The molecule has 0 atom stereocenters. The molecule has 28 heavy (non-hydrogen) atoms. The third-order valence-electron chi connectivity index (χ3n) is 4.21. The van der Waals surface area contributed by atoms with Crippen molar-refractivity contribution in [3.63, 3.8) is 0 Å². The first kappa shape index (κ1) is 21.9. The molecule has 0 aromatic heterocycles. The van der Waals surface area contributed by atoms with E-state index in [1.807, 2.05) is 14.1 Å². The molecule has 148 valence electrons. The number of nitriles is 1. The molecule has 5 nitrogen and oxygen atoms in total. The maximum atomic E-state index is 13.4. The minimum Gasteiger partial charge on any atom is -0.309 e. The third-order valence-corrected chi connectivity index (χ3v) is 4.76. The predicted octanol–water partition coefficient (Wildman–Crippen LogP) is 3.49. The van der Waals surface area contributed by atoms with E-state index in [2.05, 4.69) is 11.0 Å². The first-order chi connectivity index (χ1) is 13.2. The Hall–Kier alpha value is -2.40. The summed E-state index contributed by atoms with van der Waals surface area (Å²) in [6.07, 6.45) is 2.57. The molecule has 2 aromatic rings. The summed E-state index contributed by atoms with van der Waals surface area (Å²) in [5.74, 6) is 0.635. The molecule has 7 heteroatoms. The zero-order valence-corrected chi connectivity index (χ0v) is 17.1. The van der Waals surface area contributed by atoms with Crippen LogP contribution in [0.25, 0.3) is 0 Å². The Balaban J connectivity index is 2.44. The average Bonchev–Trinajstić information content (AvgIpc) is 2.64. The minimum absolute atomic E-state index is 0.165. The highest BCUT2D eigenvalue weighted by Crippen LogP contribution is 2.32. The second kappa shape index (κ2) is 9.69. The van der Waals surface area contributed by atoms with E-state index >= 15 is 0 Å². The van der Waals surface area contributed by atoms with Crippen molar-refractivity contribution in [3.05, 3.63) is 76.5 Å². The van der Waals surface area contributed by atoms with E-state index < -0.39 is 10.1 Å². The monoisotopic (exact) mass is 403 g/mol. The van der Waals surface area contributed by atoms with Crippen molar-refractivity contribution in [1.82, 2.24) is 4.90 Å². The fourth-order valence-electron chi connectivity index (χ4n) is 2.91. The average molecular weight is 403 g/mol. The minimum atomic E-state index is -3.63. The van der Waals surface area contributed by atoms with Crippen LogP contribution < -0.4 is 0 Å². The number of benzene rings is 2. The fourth-order valence-corrected chi connectivity index (χ4v) is 3.25. The number of rotatable bonds is 9. The van der Waals surface area contributed by atoms with Crippen molar-refractivity contribution in [2.75, 3.05) is 26.9 Å². The molecule has 0 unspecified atom stereocenters. The first-order valence-electron chi connectivity index (χ1n) is 8.84. The van der Waals surface area contributed by atoms with Gasteiger partial charge in [-0.05, 0) is 39.2 Å². The topological polar surface area (TPSA) is 70.4 Å². The zero-order valence-electron chi connectivity index (χ0n) is 16.3. The van der Waals surface area contributed by atoms with Crippen molar-refractivity contribution in [2.45, 2.75) is 19.4 Å². The normalized spacial score (nSPS) is 11.4. The molecule has 2 aromatic carbocycles. The van der Waals surface area contributed by atoms with Crippen LogP contribution in [0.15, 0.2) is 42.5 Å². The van der Waals surface area contributed by atoms with E-state index in [-0.39, 0.29) is 12.4 Å². The third kappa shape index (κ3) is 6.64. The summed E-state index contributed by atoms with van der Waals surface area (Å²) in [6.45, 7) is 0.707. The van der Waals surface area contributed by atoms with Gasteiger partial charge in [-0.1, -0.05) is 0 Å². The predicted molar refractivity (Wildman–Crippen MR) is 106 cm³/mol. The van der Waals surface area contributed by atoms with Crippen molar-refractivity contribution < 1.29 is 17.0 Å². The van der Waals surface area contributed by atoms with E-state index in [1.54, 1.807) is 30.3 Å². The van der Waals surface area contributed by atoms with Gasteiger partial charge in [0.15, 0.2) is 0 Å². The van der Waals surface area contributed by atoms with Gasteiger partial charge in [-0.3, -0.25) is 4.18 Å². The fraction of sp³-hybridized carbons (Fsp3) is 0.333. The van der Waals surface area contributed by atoms with E-state index in [0.717, 1.165) is 36.3 Å². The summed E-state index contributed by atoms with van der Waals surface area (Å²) in [6, 6.07) is 13.4. The Bertz CT molecular complexity index is 935. The van der Waals surface area contributed by atoms with E-state index in [0.29, 0.717) is 17.5 Å². The highest BCUT2D eigenvalue weighted by molar-refractivity contribution is 7.85. The van der Waals surface area contributed by atoms with Crippen LogP contribution >= 0.6 is 0 Å². The lowest BCUT2D eigenvalue weighted by Crippen LogP contribution is -2.15. The van der Waals surface area contributed by atoms with Crippen LogP contribution in [0, 0.1) is 23.1 Å². The molecule has 0 heterocycles. The highest BCUT2D eigenvalue weighted by Gasteiger charge is 2.25. The lowest BCUT2D eigenvalue weighted by molar-refractivity contribution is 0.310.